The predicted octanol–water partition coefficient (Wildman–Crippen LogP) is 0.363. The largest absolute Gasteiger partial charge is 0.468 e. The van der Waals surface area contributed by atoms with E-state index in [1.54, 1.807) is 4.90 Å². The minimum Gasteiger partial charge on any atom is -0.468 e. The molecule has 0 aromatic carbocycles. The molecule has 0 saturated carbocycles. The van der Waals surface area contributed by atoms with Crippen LogP contribution < -0.4 is 0 Å². The van der Waals surface area contributed by atoms with Gasteiger partial charge in [0.1, 0.15) is 6.54 Å². The van der Waals surface area contributed by atoms with Crippen LogP contribution in [0.2, 0.25) is 0 Å². The van der Waals surface area contributed by atoms with Gasteiger partial charge in [-0.1, -0.05) is 23.9 Å². The van der Waals surface area contributed by atoms with Crippen molar-refractivity contribution < 1.29 is 14.3 Å². The molecule has 0 fully saturated rings. The van der Waals surface area contributed by atoms with Gasteiger partial charge in [-0.2, -0.15) is 0 Å². The van der Waals surface area contributed by atoms with E-state index in [-0.39, 0.29) is 18.2 Å². The summed E-state index contributed by atoms with van der Waals surface area (Å²) in [6, 6.07) is 0. The van der Waals surface area contributed by atoms with E-state index in [2.05, 4.69) is 26.8 Å². The molecule has 0 aliphatic carbocycles. The Morgan fingerprint density at radius 1 is 1.48 bits per heavy atom. The van der Waals surface area contributed by atoms with Crippen molar-refractivity contribution in [3.8, 4) is 0 Å². The average Bonchev–Trinajstić information content (AvgIpc) is 2.88. The van der Waals surface area contributed by atoms with Gasteiger partial charge in [-0.3, -0.25) is 9.59 Å². The summed E-state index contributed by atoms with van der Waals surface area (Å²) < 4.78 is 5.86. The molecule has 0 radical (unpaired) electrons. The lowest BCUT2D eigenvalue weighted by molar-refractivity contribution is -0.141. The molecule has 0 atom stereocenters. The Morgan fingerprint density at radius 3 is 2.76 bits per heavy atom. The van der Waals surface area contributed by atoms with E-state index in [0.717, 1.165) is 5.57 Å². The van der Waals surface area contributed by atoms with Gasteiger partial charge in [0.15, 0.2) is 0 Å². The summed E-state index contributed by atoms with van der Waals surface area (Å²) in [6.07, 6.45) is 0. The minimum atomic E-state index is -0.451. The zero-order valence-electron chi connectivity index (χ0n) is 12.4. The normalized spacial score (nSPS) is 10.2. The molecule has 1 heterocycles. The number of carbonyl (C=O) groups is 2. The first kappa shape index (κ1) is 17.2. The zero-order valence-corrected chi connectivity index (χ0v) is 13.2. The van der Waals surface area contributed by atoms with Crippen molar-refractivity contribution in [2.24, 2.45) is 0 Å². The SMILES string of the molecule is C=C(C)CN(CC)C(=O)CSc1nnnn1CC(=O)OC. The first-order valence-electron chi connectivity index (χ1n) is 6.35. The molecule has 0 saturated heterocycles. The van der Waals surface area contributed by atoms with E-state index in [9.17, 15) is 9.59 Å². The molecular formula is C12H19N5O3S. The third kappa shape index (κ3) is 5.54. The molecule has 9 heteroatoms. The number of methoxy groups -OCH3 is 1. The van der Waals surface area contributed by atoms with Crippen LogP contribution in [0.15, 0.2) is 17.3 Å². The highest BCUT2D eigenvalue weighted by atomic mass is 32.2. The number of tetrazole rings is 1. The topological polar surface area (TPSA) is 90.2 Å². The third-order valence-electron chi connectivity index (χ3n) is 2.53. The summed E-state index contributed by atoms with van der Waals surface area (Å²) in [5.74, 6) is -0.283. The van der Waals surface area contributed by atoms with Crippen molar-refractivity contribution >= 4 is 23.6 Å². The third-order valence-corrected chi connectivity index (χ3v) is 3.47. The summed E-state index contributed by atoms with van der Waals surface area (Å²) in [5.41, 5.74) is 0.922. The smallest absolute Gasteiger partial charge is 0.327 e. The van der Waals surface area contributed by atoms with Crippen molar-refractivity contribution in [3.05, 3.63) is 12.2 Å². The number of nitrogens with zero attached hydrogens (tertiary/aromatic N) is 5. The number of thioether (sulfide) groups is 1. The number of amides is 1. The van der Waals surface area contributed by atoms with E-state index in [1.165, 1.54) is 23.6 Å². The van der Waals surface area contributed by atoms with E-state index >= 15 is 0 Å². The standard InChI is InChI=1S/C12H19N5O3S/c1-5-16(6-9(2)3)10(18)8-21-12-13-14-15-17(12)7-11(19)20-4/h2,5-8H2,1,3-4H3. The molecule has 1 amide bonds. The second-order valence-corrected chi connectivity index (χ2v) is 5.29. The molecular weight excluding hydrogens is 294 g/mol. The molecule has 0 N–H and O–H groups in total. The summed E-state index contributed by atoms with van der Waals surface area (Å²) in [6.45, 7) is 8.65. The molecule has 0 aliphatic rings. The fraction of sp³-hybridized carbons (Fsp3) is 0.583. The first-order chi connectivity index (χ1) is 9.97. The maximum atomic E-state index is 12.1. The number of ether oxygens (including phenoxy) is 1. The van der Waals surface area contributed by atoms with E-state index in [1.807, 2.05) is 13.8 Å². The molecule has 1 aromatic rings. The lowest BCUT2D eigenvalue weighted by Crippen LogP contribution is -2.33. The number of esters is 1. The van der Waals surface area contributed by atoms with Crippen molar-refractivity contribution in [2.75, 3.05) is 26.0 Å². The maximum Gasteiger partial charge on any atom is 0.327 e. The second-order valence-electron chi connectivity index (χ2n) is 4.35. The number of carbonyl (C=O) groups excluding carboxylic acids is 2. The number of hydrogen-bond donors (Lipinski definition) is 0. The Hall–Kier alpha value is -1.90. The number of likely N-dealkylation sites (N-methyl/N-ethyl adjacent to an activating group) is 1. The molecule has 0 aliphatic heterocycles. The molecule has 8 nitrogen and oxygen atoms in total. The molecule has 1 rings (SSSR count). The van der Waals surface area contributed by atoms with Crippen LogP contribution in [0.4, 0.5) is 0 Å². The Bertz CT molecular complexity index is 517. The lowest BCUT2D eigenvalue weighted by Gasteiger charge is -2.20. The number of aromatic nitrogens is 4. The van der Waals surface area contributed by atoms with Crippen molar-refractivity contribution in [2.45, 2.75) is 25.5 Å². The molecule has 0 unspecified atom stereocenters. The van der Waals surface area contributed by atoms with Gasteiger partial charge in [-0.25, -0.2) is 4.68 Å². The van der Waals surface area contributed by atoms with E-state index in [4.69, 9.17) is 0 Å². The van der Waals surface area contributed by atoms with Gasteiger partial charge in [0.05, 0.1) is 12.9 Å². The predicted molar refractivity (Wildman–Crippen MR) is 77.6 cm³/mol. The molecule has 116 valence electrons. The Kier molecular flexibility index (Phi) is 6.86. The Balaban J connectivity index is 2.58. The maximum absolute atomic E-state index is 12.1. The monoisotopic (exact) mass is 313 g/mol. The number of rotatable bonds is 8. The highest BCUT2D eigenvalue weighted by Crippen LogP contribution is 2.14. The highest BCUT2D eigenvalue weighted by Gasteiger charge is 2.16. The van der Waals surface area contributed by atoms with Crippen LogP contribution in [0, 0.1) is 0 Å². The van der Waals surface area contributed by atoms with Crippen LogP contribution in [0.1, 0.15) is 13.8 Å². The van der Waals surface area contributed by atoms with Crippen LogP contribution in [0.25, 0.3) is 0 Å². The molecule has 0 spiro atoms. The summed E-state index contributed by atoms with van der Waals surface area (Å²) >= 11 is 1.18. The van der Waals surface area contributed by atoms with Crippen molar-refractivity contribution in [3.63, 3.8) is 0 Å². The fourth-order valence-corrected chi connectivity index (χ4v) is 2.29. The van der Waals surface area contributed by atoms with Crippen LogP contribution >= 0.6 is 11.8 Å². The van der Waals surface area contributed by atoms with Gasteiger partial charge in [-0.05, 0) is 24.3 Å². The molecule has 1 aromatic heterocycles. The van der Waals surface area contributed by atoms with Gasteiger partial charge in [0, 0.05) is 13.1 Å². The molecule has 0 bridgehead atoms. The Labute approximate surface area is 127 Å². The van der Waals surface area contributed by atoms with E-state index < -0.39 is 5.97 Å². The van der Waals surface area contributed by atoms with Crippen LogP contribution in [0.3, 0.4) is 0 Å². The van der Waals surface area contributed by atoms with Crippen molar-refractivity contribution in [1.29, 1.82) is 0 Å². The van der Waals surface area contributed by atoms with Gasteiger partial charge < -0.3 is 9.64 Å². The van der Waals surface area contributed by atoms with Crippen LogP contribution in [-0.2, 0) is 20.9 Å². The summed E-state index contributed by atoms with van der Waals surface area (Å²) in [5, 5.41) is 11.4. The minimum absolute atomic E-state index is 0.0295. The summed E-state index contributed by atoms with van der Waals surface area (Å²) in [4.78, 5) is 25.0. The van der Waals surface area contributed by atoms with Gasteiger partial charge in [0.25, 0.3) is 0 Å². The fourth-order valence-electron chi connectivity index (χ4n) is 1.51. The lowest BCUT2D eigenvalue weighted by atomic mass is 10.3. The zero-order chi connectivity index (χ0) is 15.8. The number of hydrogen-bond acceptors (Lipinski definition) is 7. The Morgan fingerprint density at radius 2 is 2.19 bits per heavy atom. The van der Waals surface area contributed by atoms with Gasteiger partial charge in [0.2, 0.25) is 11.1 Å². The molecule has 21 heavy (non-hydrogen) atoms. The van der Waals surface area contributed by atoms with Crippen LogP contribution in [0.5, 0.6) is 0 Å². The van der Waals surface area contributed by atoms with Crippen molar-refractivity contribution in [1.82, 2.24) is 25.1 Å². The average molecular weight is 313 g/mol. The second kappa shape index (κ2) is 8.40. The van der Waals surface area contributed by atoms with Gasteiger partial charge >= 0.3 is 5.97 Å². The highest BCUT2D eigenvalue weighted by molar-refractivity contribution is 7.99. The van der Waals surface area contributed by atoms with Crippen LogP contribution in [-0.4, -0.2) is 62.9 Å². The summed E-state index contributed by atoms with van der Waals surface area (Å²) in [7, 11) is 1.29. The quantitative estimate of drug-likeness (QED) is 0.389. The first-order valence-corrected chi connectivity index (χ1v) is 7.34. The van der Waals surface area contributed by atoms with E-state index in [0.29, 0.717) is 18.2 Å². The van der Waals surface area contributed by atoms with Gasteiger partial charge in [-0.15, -0.1) is 5.10 Å².